The van der Waals surface area contributed by atoms with Crippen LogP contribution in [0.3, 0.4) is 0 Å². The summed E-state index contributed by atoms with van der Waals surface area (Å²) in [6.45, 7) is 0.669. The highest BCUT2D eigenvalue weighted by atomic mass is 16.5. The number of fused-ring (bicyclic) bond motifs is 1. The van der Waals surface area contributed by atoms with E-state index in [0.29, 0.717) is 18.0 Å². The number of amides is 1. The van der Waals surface area contributed by atoms with Crippen molar-refractivity contribution in [3.8, 4) is 17.0 Å². The van der Waals surface area contributed by atoms with E-state index >= 15 is 0 Å². The summed E-state index contributed by atoms with van der Waals surface area (Å²) < 4.78 is 5.42. The van der Waals surface area contributed by atoms with Crippen LogP contribution in [-0.2, 0) is 11.3 Å². The van der Waals surface area contributed by atoms with E-state index in [4.69, 9.17) is 4.74 Å². The highest BCUT2D eigenvalue weighted by Crippen LogP contribution is 2.30. The van der Waals surface area contributed by atoms with E-state index in [1.807, 2.05) is 54.6 Å². The van der Waals surface area contributed by atoms with Gasteiger partial charge in [0.25, 0.3) is 5.91 Å². The van der Waals surface area contributed by atoms with Gasteiger partial charge in [-0.15, -0.1) is 0 Å². The lowest BCUT2D eigenvalue weighted by Crippen LogP contribution is -2.25. The number of nitrogens with one attached hydrogen (secondary N) is 3. The van der Waals surface area contributed by atoms with Gasteiger partial charge >= 0.3 is 0 Å². The molecular weight excluding hydrogens is 304 g/mol. The third-order valence-electron chi connectivity index (χ3n) is 3.80. The van der Waals surface area contributed by atoms with Crippen molar-refractivity contribution in [2.24, 2.45) is 0 Å². The summed E-state index contributed by atoms with van der Waals surface area (Å²) in [5.41, 5.74) is 4.60. The van der Waals surface area contributed by atoms with E-state index in [0.717, 1.165) is 22.6 Å². The number of aromatic amines is 1. The first kappa shape index (κ1) is 14.3. The summed E-state index contributed by atoms with van der Waals surface area (Å²) in [6, 6.07) is 17.7. The van der Waals surface area contributed by atoms with E-state index < -0.39 is 0 Å². The summed E-state index contributed by atoms with van der Waals surface area (Å²) >= 11 is 0. The third kappa shape index (κ3) is 2.94. The first-order chi connectivity index (χ1) is 11.8. The molecule has 0 spiro atoms. The number of carbonyl (C=O) groups excluding carboxylic acids is 1. The van der Waals surface area contributed by atoms with Crippen molar-refractivity contribution in [1.29, 1.82) is 0 Å². The highest BCUT2D eigenvalue weighted by Gasteiger charge is 2.15. The Balaban J connectivity index is 1.44. The van der Waals surface area contributed by atoms with Crippen molar-refractivity contribution in [2.75, 3.05) is 17.2 Å². The quantitative estimate of drug-likeness (QED) is 0.690. The van der Waals surface area contributed by atoms with Crippen molar-refractivity contribution in [3.05, 3.63) is 60.3 Å². The van der Waals surface area contributed by atoms with Crippen LogP contribution in [0.2, 0.25) is 0 Å². The fraction of sp³-hybridized carbons (Fsp3) is 0.111. The van der Waals surface area contributed by atoms with Gasteiger partial charge < -0.3 is 15.4 Å². The van der Waals surface area contributed by atoms with Gasteiger partial charge in [-0.25, -0.2) is 0 Å². The number of ether oxygens (including phenoxy) is 1. The molecule has 24 heavy (non-hydrogen) atoms. The number of H-pyrrole nitrogens is 1. The van der Waals surface area contributed by atoms with Gasteiger partial charge in [0.2, 0.25) is 0 Å². The van der Waals surface area contributed by atoms with Gasteiger partial charge in [-0.1, -0.05) is 30.3 Å². The molecule has 0 unspecified atom stereocenters. The van der Waals surface area contributed by atoms with Gasteiger partial charge in [0.05, 0.1) is 23.6 Å². The van der Waals surface area contributed by atoms with Crippen molar-refractivity contribution in [3.63, 3.8) is 0 Å². The average molecular weight is 320 g/mol. The lowest BCUT2D eigenvalue weighted by Gasteiger charge is -2.18. The van der Waals surface area contributed by atoms with Crippen molar-refractivity contribution in [2.45, 2.75) is 6.54 Å². The molecule has 1 aromatic heterocycles. The summed E-state index contributed by atoms with van der Waals surface area (Å²) in [7, 11) is 0. The zero-order chi connectivity index (χ0) is 16.4. The molecule has 0 aliphatic carbocycles. The first-order valence-corrected chi connectivity index (χ1v) is 7.68. The molecule has 1 amide bonds. The fourth-order valence-electron chi connectivity index (χ4n) is 2.59. The maximum atomic E-state index is 11.3. The Morgan fingerprint density at radius 3 is 2.88 bits per heavy atom. The van der Waals surface area contributed by atoms with Crippen LogP contribution in [0.25, 0.3) is 11.3 Å². The molecule has 4 rings (SSSR count). The second-order valence-corrected chi connectivity index (χ2v) is 5.55. The molecule has 3 aromatic rings. The molecule has 0 saturated carbocycles. The summed E-state index contributed by atoms with van der Waals surface area (Å²) in [4.78, 5) is 11.3. The zero-order valence-corrected chi connectivity index (χ0v) is 12.9. The Labute approximate surface area is 138 Å². The molecule has 6 nitrogen and oxygen atoms in total. The minimum Gasteiger partial charge on any atom is -0.482 e. The normalized spacial score (nSPS) is 12.9. The lowest BCUT2D eigenvalue weighted by molar-refractivity contribution is -0.118. The summed E-state index contributed by atoms with van der Waals surface area (Å²) in [5, 5.41) is 13.5. The van der Waals surface area contributed by atoms with Crippen molar-refractivity contribution >= 4 is 17.3 Å². The molecule has 2 aromatic carbocycles. The molecule has 2 heterocycles. The molecule has 0 atom stereocenters. The lowest BCUT2D eigenvalue weighted by atomic mass is 10.1. The van der Waals surface area contributed by atoms with E-state index in [1.165, 1.54) is 0 Å². The summed E-state index contributed by atoms with van der Waals surface area (Å²) in [6.07, 6.45) is 0. The minimum absolute atomic E-state index is 0.0530. The van der Waals surface area contributed by atoms with Crippen LogP contribution in [-0.4, -0.2) is 22.7 Å². The van der Waals surface area contributed by atoms with Crippen LogP contribution in [0.4, 0.5) is 11.4 Å². The standard InChI is InChI=1S/C18H16N4O2/c23-18-11-24-17-9-13(6-7-15(17)20-18)19-10-14-8-16(22-21-14)12-4-2-1-3-5-12/h1-9,19H,10-11H2,(H,20,23)(H,21,22). The van der Waals surface area contributed by atoms with Gasteiger partial charge in [-0.05, 0) is 18.2 Å². The van der Waals surface area contributed by atoms with E-state index in [9.17, 15) is 4.79 Å². The monoisotopic (exact) mass is 320 g/mol. The third-order valence-corrected chi connectivity index (χ3v) is 3.80. The topological polar surface area (TPSA) is 79.0 Å². The van der Waals surface area contributed by atoms with Crippen molar-refractivity contribution in [1.82, 2.24) is 10.2 Å². The second kappa shape index (κ2) is 6.08. The molecule has 1 aliphatic heterocycles. The van der Waals surface area contributed by atoms with Gasteiger partial charge in [0, 0.05) is 17.3 Å². The number of hydrogen-bond donors (Lipinski definition) is 3. The Morgan fingerprint density at radius 2 is 2.00 bits per heavy atom. The number of anilines is 2. The SMILES string of the molecule is O=C1COc2cc(NCc3cc(-c4ccccc4)n[nH]3)ccc2N1. The predicted molar refractivity (Wildman–Crippen MR) is 91.9 cm³/mol. The largest absolute Gasteiger partial charge is 0.482 e. The molecule has 3 N–H and O–H groups in total. The van der Waals surface area contributed by atoms with Crippen LogP contribution in [0, 0.1) is 0 Å². The van der Waals surface area contributed by atoms with Crippen LogP contribution in [0.5, 0.6) is 5.75 Å². The Bertz CT molecular complexity index is 874. The van der Waals surface area contributed by atoms with Crippen LogP contribution in [0.15, 0.2) is 54.6 Å². The number of nitrogens with zero attached hydrogens (tertiary/aromatic N) is 1. The fourth-order valence-corrected chi connectivity index (χ4v) is 2.59. The van der Waals surface area contributed by atoms with Gasteiger partial charge in [-0.2, -0.15) is 5.10 Å². The molecule has 1 aliphatic rings. The molecule has 0 saturated heterocycles. The highest BCUT2D eigenvalue weighted by molar-refractivity contribution is 5.95. The van der Waals surface area contributed by atoms with E-state index in [-0.39, 0.29) is 12.5 Å². The van der Waals surface area contributed by atoms with Crippen molar-refractivity contribution < 1.29 is 9.53 Å². The Morgan fingerprint density at radius 1 is 1.12 bits per heavy atom. The van der Waals surface area contributed by atoms with Crippen LogP contribution < -0.4 is 15.4 Å². The second-order valence-electron chi connectivity index (χ2n) is 5.55. The molecule has 0 fully saturated rings. The number of aromatic nitrogens is 2. The van der Waals surface area contributed by atoms with E-state index in [2.05, 4.69) is 20.8 Å². The molecule has 0 bridgehead atoms. The molecule has 0 radical (unpaired) electrons. The number of carbonyl (C=O) groups is 1. The number of rotatable bonds is 4. The zero-order valence-electron chi connectivity index (χ0n) is 12.9. The Hall–Kier alpha value is -3.28. The number of hydrogen-bond acceptors (Lipinski definition) is 4. The minimum atomic E-state index is -0.130. The van der Waals surface area contributed by atoms with Crippen LogP contribution >= 0.6 is 0 Å². The van der Waals surface area contributed by atoms with Gasteiger partial charge in [-0.3, -0.25) is 9.89 Å². The molecule has 6 heteroatoms. The summed E-state index contributed by atoms with van der Waals surface area (Å²) in [5.74, 6) is 0.545. The Kier molecular flexibility index (Phi) is 3.63. The molecule has 120 valence electrons. The van der Waals surface area contributed by atoms with Gasteiger partial charge in [0.1, 0.15) is 5.75 Å². The smallest absolute Gasteiger partial charge is 0.262 e. The average Bonchev–Trinajstić information content (AvgIpc) is 3.10. The molecular formula is C18H16N4O2. The number of benzene rings is 2. The van der Waals surface area contributed by atoms with E-state index in [1.54, 1.807) is 0 Å². The maximum Gasteiger partial charge on any atom is 0.262 e. The predicted octanol–water partition coefficient (Wildman–Crippen LogP) is 3.02. The van der Waals surface area contributed by atoms with Crippen LogP contribution in [0.1, 0.15) is 5.69 Å². The maximum absolute atomic E-state index is 11.3. The van der Waals surface area contributed by atoms with Gasteiger partial charge in [0.15, 0.2) is 6.61 Å². The first-order valence-electron chi connectivity index (χ1n) is 7.68.